The molecule has 1 N–H and O–H groups in total. The van der Waals surface area contributed by atoms with Crippen molar-refractivity contribution < 1.29 is 19.1 Å². The third-order valence-electron chi connectivity index (χ3n) is 5.30. The third-order valence-corrected chi connectivity index (χ3v) is 5.30. The standard InChI is InChI=1S/C23H26N2O4/c1-22(2,3)16-9-11-17(12-10-16)23(4)20(27)25(21(28)24-23)14-19(26)15-7-6-8-18(13-15)29-5/h6-13H,14H2,1-5H3,(H,24,28). The lowest BCUT2D eigenvalue weighted by atomic mass is 9.84. The zero-order chi connectivity index (χ0) is 21.4. The molecule has 29 heavy (non-hydrogen) atoms. The molecule has 3 amide bonds. The number of nitrogens with zero attached hydrogens (tertiary/aromatic N) is 1. The van der Waals surface area contributed by atoms with E-state index in [1.165, 1.54) is 7.11 Å². The zero-order valence-electron chi connectivity index (χ0n) is 17.4. The van der Waals surface area contributed by atoms with Gasteiger partial charge in [0.2, 0.25) is 0 Å². The van der Waals surface area contributed by atoms with Gasteiger partial charge >= 0.3 is 6.03 Å². The van der Waals surface area contributed by atoms with E-state index in [2.05, 4.69) is 26.1 Å². The first-order valence-electron chi connectivity index (χ1n) is 9.48. The zero-order valence-corrected chi connectivity index (χ0v) is 17.4. The summed E-state index contributed by atoms with van der Waals surface area (Å²) in [7, 11) is 1.51. The van der Waals surface area contributed by atoms with Crippen LogP contribution in [0, 0.1) is 0 Å². The van der Waals surface area contributed by atoms with Gasteiger partial charge in [-0.1, -0.05) is 57.2 Å². The lowest BCUT2D eigenvalue weighted by Gasteiger charge is -2.24. The number of imide groups is 1. The third kappa shape index (κ3) is 3.88. The lowest BCUT2D eigenvalue weighted by Crippen LogP contribution is -2.41. The van der Waals surface area contributed by atoms with Gasteiger partial charge in [-0.25, -0.2) is 4.79 Å². The molecule has 0 aromatic heterocycles. The molecular formula is C23H26N2O4. The molecular weight excluding hydrogens is 368 g/mol. The molecule has 1 saturated heterocycles. The molecule has 0 saturated carbocycles. The number of benzene rings is 2. The fourth-order valence-electron chi connectivity index (χ4n) is 3.37. The Morgan fingerprint density at radius 3 is 2.34 bits per heavy atom. The molecule has 1 aliphatic rings. The maximum absolute atomic E-state index is 13.1. The molecule has 0 spiro atoms. The molecule has 1 fully saturated rings. The first-order chi connectivity index (χ1) is 13.6. The number of rotatable bonds is 5. The van der Waals surface area contributed by atoms with Gasteiger partial charge in [-0.3, -0.25) is 14.5 Å². The molecule has 1 heterocycles. The van der Waals surface area contributed by atoms with Crippen molar-refractivity contribution in [2.75, 3.05) is 13.7 Å². The minimum Gasteiger partial charge on any atom is -0.497 e. The molecule has 2 aromatic rings. The Labute approximate surface area is 170 Å². The van der Waals surface area contributed by atoms with Gasteiger partial charge in [-0.2, -0.15) is 0 Å². The summed E-state index contributed by atoms with van der Waals surface area (Å²) in [5.74, 6) is -0.237. The predicted octanol–water partition coefficient (Wildman–Crippen LogP) is 3.64. The maximum Gasteiger partial charge on any atom is 0.325 e. The minimum absolute atomic E-state index is 0.0163. The van der Waals surface area contributed by atoms with Crippen molar-refractivity contribution in [3.63, 3.8) is 0 Å². The summed E-state index contributed by atoms with van der Waals surface area (Å²) >= 11 is 0. The molecule has 0 bridgehead atoms. The largest absolute Gasteiger partial charge is 0.497 e. The number of hydrogen-bond donors (Lipinski definition) is 1. The van der Waals surface area contributed by atoms with Crippen LogP contribution in [0.1, 0.15) is 49.2 Å². The van der Waals surface area contributed by atoms with E-state index in [0.29, 0.717) is 16.9 Å². The number of nitrogens with one attached hydrogen (secondary N) is 1. The van der Waals surface area contributed by atoms with Gasteiger partial charge < -0.3 is 10.1 Å². The molecule has 6 nitrogen and oxygen atoms in total. The van der Waals surface area contributed by atoms with E-state index in [1.807, 2.05) is 24.3 Å². The predicted molar refractivity (Wildman–Crippen MR) is 110 cm³/mol. The highest BCUT2D eigenvalue weighted by Crippen LogP contribution is 2.31. The van der Waals surface area contributed by atoms with Crippen LogP contribution >= 0.6 is 0 Å². The first kappa shape index (κ1) is 20.6. The fraction of sp³-hybridized carbons (Fsp3) is 0.348. The number of urea groups is 1. The summed E-state index contributed by atoms with van der Waals surface area (Å²) < 4.78 is 5.13. The van der Waals surface area contributed by atoms with E-state index in [1.54, 1.807) is 31.2 Å². The fourth-order valence-corrected chi connectivity index (χ4v) is 3.37. The molecule has 3 rings (SSSR count). The SMILES string of the molecule is COc1cccc(C(=O)CN2C(=O)NC(C)(c3ccc(C(C)(C)C)cc3)C2=O)c1. The molecule has 152 valence electrons. The number of hydrogen-bond acceptors (Lipinski definition) is 4. The van der Waals surface area contributed by atoms with E-state index in [4.69, 9.17) is 4.74 Å². The Morgan fingerprint density at radius 2 is 1.76 bits per heavy atom. The summed E-state index contributed by atoms with van der Waals surface area (Å²) in [5, 5.41) is 2.74. The van der Waals surface area contributed by atoms with Gasteiger partial charge in [0.1, 0.15) is 11.3 Å². The second-order valence-corrected chi connectivity index (χ2v) is 8.43. The Morgan fingerprint density at radius 1 is 1.10 bits per heavy atom. The number of ketones is 1. The Balaban J connectivity index is 1.82. The molecule has 1 aliphatic heterocycles. The molecule has 2 aromatic carbocycles. The highest BCUT2D eigenvalue weighted by atomic mass is 16.5. The Bertz CT molecular complexity index is 960. The van der Waals surface area contributed by atoms with Gasteiger partial charge in [0.15, 0.2) is 5.78 Å². The van der Waals surface area contributed by atoms with Crippen molar-refractivity contribution in [3.05, 3.63) is 65.2 Å². The number of amides is 3. The smallest absolute Gasteiger partial charge is 0.325 e. The first-order valence-corrected chi connectivity index (χ1v) is 9.48. The molecule has 1 unspecified atom stereocenters. The lowest BCUT2D eigenvalue weighted by molar-refractivity contribution is -0.130. The van der Waals surface area contributed by atoms with Crippen LogP contribution in [-0.2, 0) is 15.7 Å². The van der Waals surface area contributed by atoms with E-state index >= 15 is 0 Å². The topological polar surface area (TPSA) is 75.7 Å². The summed E-state index contributed by atoms with van der Waals surface area (Å²) in [4.78, 5) is 39.2. The van der Waals surface area contributed by atoms with Crippen molar-refractivity contribution in [2.24, 2.45) is 0 Å². The molecule has 6 heteroatoms. The number of ether oxygens (including phenoxy) is 1. The average Bonchev–Trinajstić information content (AvgIpc) is 2.91. The van der Waals surface area contributed by atoms with Crippen LogP contribution in [0.15, 0.2) is 48.5 Å². The maximum atomic E-state index is 13.1. The second-order valence-electron chi connectivity index (χ2n) is 8.43. The van der Waals surface area contributed by atoms with Crippen LogP contribution in [0.5, 0.6) is 5.75 Å². The molecule has 1 atom stereocenters. The van der Waals surface area contributed by atoms with Crippen molar-refractivity contribution in [3.8, 4) is 5.75 Å². The number of carbonyl (C=O) groups excluding carboxylic acids is 3. The summed E-state index contributed by atoms with van der Waals surface area (Å²) in [6.45, 7) is 7.66. The van der Waals surface area contributed by atoms with E-state index in [0.717, 1.165) is 10.5 Å². The Hall–Kier alpha value is -3.15. The Kier molecular flexibility index (Phi) is 5.22. The minimum atomic E-state index is -1.21. The van der Waals surface area contributed by atoms with Crippen molar-refractivity contribution in [1.82, 2.24) is 10.2 Å². The van der Waals surface area contributed by atoms with Crippen LogP contribution in [0.25, 0.3) is 0 Å². The van der Waals surface area contributed by atoms with Gasteiger partial charge in [-0.15, -0.1) is 0 Å². The quantitative estimate of drug-likeness (QED) is 0.621. The average molecular weight is 394 g/mol. The molecule has 0 radical (unpaired) electrons. The summed E-state index contributed by atoms with van der Waals surface area (Å²) in [6, 6.07) is 13.7. The highest BCUT2D eigenvalue weighted by Gasteiger charge is 2.49. The van der Waals surface area contributed by atoms with Crippen LogP contribution in [-0.4, -0.2) is 36.3 Å². The number of Topliss-reactive ketones (excluding diaryl/α,β-unsaturated/α-hetero) is 1. The van der Waals surface area contributed by atoms with Crippen molar-refractivity contribution >= 4 is 17.7 Å². The van der Waals surface area contributed by atoms with Gasteiger partial charge in [0.05, 0.1) is 13.7 Å². The van der Waals surface area contributed by atoms with Crippen LogP contribution in [0.4, 0.5) is 4.79 Å². The second kappa shape index (κ2) is 7.35. The van der Waals surface area contributed by atoms with Gasteiger partial charge in [0, 0.05) is 5.56 Å². The van der Waals surface area contributed by atoms with E-state index in [-0.39, 0.29) is 17.7 Å². The van der Waals surface area contributed by atoms with Crippen molar-refractivity contribution in [1.29, 1.82) is 0 Å². The van der Waals surface area contributed by atoms with Gasteiger partial charge in [-0.05, 0) is 35.6 Å². The molecule has 0 aliphatic carbocycles. The number of carbonyl (C=O) groups is 3. The summed E-state index contributed by atoms with van der Waals surface area (Å²) in [6.07, 6.45) is 0. The van der Waals surface area contributed by atoms with E-state index in [9.17, 15) is 14.4 Å². The number of methoxy groups -OCH3 is 1. The van der Waals surface area contributed by atoms with Crippen molar-refractivity contribution in [2.45, 2.75) is 38.6 Å². The van der Waals surface area contributed by atoms with Crippen LogP contribution < -0.4 is 10.1 Å². The monoisotopic (exact) mass is 394 g/mol. The summed E-state index contributed by atoms with van der Waals surface area (Å²) in [5.41, 5.74) is 0.972. The van der Waals surface area contributed by atoms with Gasteiger partial charge in [0.25, 0.3) is 5.91 Å². The van der Waals surface area contributed by atoms with Crippen LogP contribution in [0.2, 0.25) is 0 Å². The van der Waals surface area contributed by atoms with E-state index < -0.39 is 17.5 Å². The van der Waals surface area contributed by atoms with Crippen LogP contribution in [0.3, 0.4) is 0 Å². The highest BCUT2D eigenvalue weighted by molar-refractivity contribution is 6.11. The normalized spacial score (nSPS) is 19.3.